The molecule has 1 unspecified atom stereocenters. The highest BCUT2D eigenvalue weighted by Gasteiger charge is 2.39. The number of carbonyl (C=O) groups is 1. The molecule has 0 aliphatic carbocycles. The Morgan fingerprint density at radius 1 is 1.00 bits per heavy atom. The number of anilines is 2. The first kappa shape index (κ1) is 26.2. The standard InChI is InChI=1S/C29H35N5O3S/c1-21-19-29(2,3)34(20-21)27-24(11-8-16-30-27)28(35)32-38(36,37)26-13-7-12-25(31-26)33-17-14-23(15-18-33)22-9-5-4-6-10-22/h4-13,16,21,23H,14-15,17-20H2,1-3H3,(H,32,35). The van der Waals surface area contributed by atoms with Crippen molar-refractivity contribution in [1.82, 2.24) is 14.7 Å². The van der Waals surface area contributed by atoms with E-state index in [0.29, 0.717) is 23.5 Å². The fourth-order valence-corrected chi connectivity index (χ4v) is 6.80. The Kier molecular flexibility index (Phi) is 7.13. The summed E-state index contributed by atoms with van der Waals surface area (Å²) in [6.07, 6.45) is 4.53. The van der Waals surface area contributed by atoms with Gasteiger partial charge in [-0.1, -0.05) is 43.3 Å². The van der Waals surface area contributed by atoms with E-state index in [2.05, 4.69) is 69.5 Å². The van der Waals surface area contributed by atoms with Crippen LogP contribution in [0.3, 0.4) is 0 Å². The van der Waals surface area contributed by atoms with Crippen LogP contribution in [-0.4, -0.2) is 49.5 Å². The van der Waals surface area contributed by atoms with Gasteiger partial charge in [-0.25, -0.2) is 14.7 Å². The predicted molar refractivity (Wildman–Crippen MR) is 149 cm³/mol. The molecular weight excluding hydrogens is 498 g/mol. The van der Waals surface area contributed by atoms with Gasteiger partial charge < -0.3 is 9.80 Å². The first-order valence-corrected chi connectivity index (χ1v) is 14.7. The predicted octanol–water partition coefficient (Wildman–Crippen LogP) is 4.60. The number of carbonyl (C=O) groups excluding carboxylic acids is 1. The summed E-state index contributed by atoms with van der Waals surface area (Å²) in [7, 11) is -4.19. The molecule has 2 aromatic heterocycles. The summed E-state index contributed by atoms with van der Waals surface area (Å²) >= 11 is 0. The van der Waals surface area contributed by atoms with Crippen LogP contribution in [0.5, 0.6) is 0 Å². The fraction of sp³-hybridized carbons (Fsp3) is 0.414. The molecule has 2 saturated heterocycles. The Bertz CT molecular complexity index is 1400. The third-order valence-corrected chi connectivity index (χ3v) is 8.89. The molecule has 4 heterocycles. The Morgan fingerprint density at radius 3 is 2.42 bits per heavy atom. The number of sulfonamides is 1. The number of nitrogens with zero attached hydrogens (tertiary/aromatic N) is 4. The van der Waals surface area contributed by atoms with Gasteiger partial charge in [0.05, 0.1) is 5.56 Å². The number of amides is 1. The average Bonchev–Trinajstić information content (AvgIpc) is 3.20. The van der Waals surface area contributed by atoms with Crippen LogP contribution in [0.2, 0.25) is 0 Å². The molecule has 0 spiro atoms. The van der Waals surface area contributed by atoms with Gasteiger partial charge in [-0.15, -0.1) is 0 Å². The van der Waals surface area contributed by atoms with E-state index in [1.165, 1.54) is 11.6 Å². The maximum absolute atomic E-state index is 13.3. The second-order valence-electron chi connectivity index (χ2n) is 11.0. The number of aromatic nitrogens is 2. The number of benzene rings is 1. The first-order valence-electron chi connectivity index (χ1n) is 13.2. The summed E-state index contributed by atoms with van der Waals surface area (Å²) in [6.45, 7) is 8.71. The zero-order chi connectivity index (χ0) is 26.9. The van der Waals surface area contributed by atoms with Gasteiger partial charge in [0.15, 0.2) is 5.03 Å². The highest BCUT2D eigenvalue weighted by Crippen LogP contribution is 2.37. The summed E-state index contributed by atoms with van der Waals surface area (Å²) in [5.41, 5.74) is 1.38. The highest BCUT2D eigenvalue weighted by atomic mass is 32.2. The van der Waals surface area contributed by atoms with Gasteiger partial charge >= 0.3 is 0 Å². The summed E-state index contributed by atoms with van der Waals surface area (Å²) in [4.78, 5) is 26.4. The van der Waals surface area contributed by atoms with Gasteiger partial charge in [-0.3, -0.25) is 4.79 Å². The van der Waals surface area contributed by atoms with Gasteiger partial charge in [-0.2, -0.15) is 8.42 Å². The van der Waals surface area contributed by atoms with E-state index < -0.39 is 15.9 Å². The lowest BCUT2D eigenvalue weighted by molar-refractivity contribution is 0.0981. The van der Waals surface area contributed by atoms with Crippen molar-refractivity contribution in [3.05, 3.63) is 78.0 Å². The molecule has 8 nitrogen and oxygen atoms in total. The second kappa shape index (κ2) is 10.4. The minimum Gasteiger partial charge on any atom is -0.357 e. The molecule has 2 fully saturated rings. The van der Waals surface area contributed by atoms with Gasteiger partial charge in [0.2, 0.25) is 0 Å². The fourth-order valence-electron chi connectivity index (χ4n) is 5.87. The van der Waals surface area contributed by atoms with Crippen LogP contribution in [0.25, 0.3) is 0 Å². The average molecular weight is 534 g/mol. The molecule has 0 radical (unpaired) electrons. The van der Waals surface area contributed by atoms with Crippen molar-refractivity contribution >= 4 is 27.6 Å². The van der Waals surface area contributed by atoms with E-state index in [9.17, 15) is 13.2 Å². The number of rotatable bonds is 6. The van der Waals surface area contributed by atoms with E-state index in [0.717, 1.165) is 38.9 Å². The van der Waals surface area contributed by atoms with Gasteiger partial charge in [0.25, 0.3) is 15.9 Å². The third kappa shape index (κ3) is 5.38. The van der Waals surface area contributed by atoms with E-state index in [1.807, 2.05) is 12.1 Å². The zero-order valence-corrected chi connectivity index (χ0v) is 23.0. The molecule has 0 bridgehead atoms. The lowest BCUT2D eigenvalue weighted by Crippen LogP contribution is -2.41. The highest BCUT2D eigenvalue weighted by molar-refractivity contribution is 7.90. The van der Waals surface area contributed by atoms with Crippen molar-refractivity contribution < 1.29 is 13.2 Å². The Labute approximate surface area is 225 Å². The van der Waals surface area contributed by atoms with Crippen LogP contribution in [0.4, 0.5) is 11.6 Å². The van der Waals surface area contributed by atoms with E-state index in [4.69, 9.17) is 0 Å². The maximum Gasteiger partial charge on any atom is 0.281 e. The van der Waals surface area contributed by atoms with Gasteiger partial charge in [0, 0.05) is 31.4 Å². The Balaban J connectivity index is 1.31. The Hall–Kier alpha value is -3.46. The summed E-state index contributed by atoms with van der Waals surface area (Å²) in [5.74, 6) is 1.31. The molecule has 5 rings (SSSR count). The largest absolute Gasteiger partial charge is 0.357 e. The van der Waals surface area contributed by atoms with E-state index in [1.54, 1.807) is 24.4 Å². The van der Waals surface area contributed by atoms with Crippen LogP contribution in [0, 0.1) is 5.92 Å². The summed E-state index contributed by atoms with van der Waals surface area (Å²) < 4.78 is 28.7. The van der Waals surface area contributed by atoms with Crippen LogP contribution in [-0.2, 0) is 10.0 Å². The number of pyridine rings is 2. The molecule has 3 aromatic rings. The molecule has 1 aromatic carbocycles. The summed E-state index contributed by atoms with van der Waals surface area (Å²) in [6, 6.07) is 18.7. The van der Waals surface area contributed by atoms with Crippen molar-refractivity contribution in [2.45, 2.75) is 56.5 Å². The third-order valence-electron chi connectivity index (χ3n) is 7.66. The molecular formula is C29H35N5O3S. The van der Waals surface area contributed by atoms with Crippen molar-refractivity contribution in [3.8, 4) is 0 Å². The van der Waals surface area contributed by atoms with Crippen LogP contribution >= 0.6 is 0 Å². The number of piperidine rings is 1. The molecule has 38 heavy (non-hydrogen) atoms. The first-order chi connectivity index (χ1) is 18.1. The zero-order valence-electron chi connectivity index (χ0n) is 22.2. The second-order valence-corrected chi connectivity index (χ2v) is 12.7. The SMILES string of the molecule is CC1CN(c2ncccc2C(=O)NS(=O)(=O)c2cccc(N3CCC(c4ccccc4)CC3)n2)C(C)(C)C1. The van der Waals surface area contributed by atoms with Gasteiger partial charge in [0.1, 0.15) is 11.6 Å². The molecule has 1 amide bonds. The molecule has 2 aliphatic heterocycles. The Morgan fingerprint density at radius 2 is 1.74 bits per heavy atom. The van der Waals surface area contributed by atoms with Crippen molar-refractivity contribution in [1.29, 1.82) is 0 Å². The maximum atomic E-state index is 13.3. The normalized spacial score (nSPS) is 19.9. The number of hydrogen-bond donors (Lipinski definition) is 1. The lowest BCUT2D eigenvalue weighted by Gasteiger charge is -2.33. The quantitative estimate of drug-likeness (QED) is 0.495. The molecule has 1 atom stereocenters. The van der Waals surface area contributed by atoms with Crippen molar-refractivity contribution in [2.75, 3.05) is 29.4 Å². The van der Waals surface area contributed by atoms with Gasteiger partial charge in [-0.05, 0) is 74.8 Å². The molecule has 0 saturated carbocycles. The monoisotopic (exact) mass is 533 g/mol. The minimum absolute atomic E-state index is 0.172. The van der Waals surface area contributed by atoms with Crippen LogP contribution < -0.4 is 14.5 Å². The van der Waals surface area contributed by atoms with E-state index in [-0.39, 0.29) is 16.1 Å². The van der Waals surface area contributed by atoms with Crippen molar-refractivity contribution in [3.63, 3.8) is 0 Å². The molecule has 1 N–H and O–H groups in total. The lowest BCUT2D eigenvalue weighted by atomic mass is 9.89. The van der Waals surface area contributed by atoms with Crippen LogP contribution in [0.1, 0.15) is 61.9 Å². The van der Waals surface area contributed by atoms with Crippen LogP contribution in [0.15, 0.2) is 71.9 Å². The molecule has 2 aliphatic rings. The number of hydrogen-bond acceptors (Lipinski definition) is 7. The topological polar surface area (TPSA) is 95.5 Å². The minimum atomic E-state index is -4.19. The molecule has 200 valence electrons. The summed E-state index contributed by atoms with van der Waals surface area (Å²) in [5, 5.41) is -0.172. The number of nitrogens with one attached hydrogen (secondary N) is 1. The smallest absolute Gasteiger partial charge is 0.281 e. The molecule has 9 heteroatoms. The van der Waals surface area contributed by atoms with E-state index >= 15 is 0 Å². The van der Waals surface area contributed by atoms with Crippen molar-refractivity contribution in [2.24, 2.45) is 5.92 Å².